The Balaban J connectivity index is 1.91. The maximum absolute atomic E-state index is 12.5. The minimum atomic E-state index is -0.154. The highest BCUT2D eigenvalue weighted by Gasteiger charge is 2.24. The molecule has 1 aliphatic rings. The Morgan fingerprint density at radius 2 is 1.90 bits per heavy atom. The Bertz CT molecular complexity index is 663. The van der Waals surface area contributed by atoms with Crippen LogP contribution >= 0.6 is 23.2 Å². The third-order valence-electron chi connectivity index (χ3n) is 3.10. The van der Waals surface area contributed by atoms with Crippen LogP contribution in [0.4, 0.5) is 0 Å². The van der Waals surface area contributed by atoms with Crippen molar-refractivity contribution >= 4 is 29.0 Å². The van der Waals surface area contributed by atoms with Crippen LogP contribution < -0.4 is 4.74 Å². The van der Waals surface area contributed by atoms with Crippen LogP contribution in [0.3, 0.4) is 0 Å². The SMILES string of the molecule is O=C(c1cccc(OC2CC2)c1)c1cc(Cl)ccc1Cl. The van der Waals surface area contributed by atoms with E-state index in [0.29, 0.717) is 27.3 Å². The van der Waals surface area contributed by atoms with Crippen molar-refractivity contribution in [3.63, 3.8) is 0 Å². The van der Waals surface area contributed by atoms with E-state index in [-0.39, 0.29) is 5.78 Å². The van der Waals surface area contributed by atoms with Gasteiger partial charge in [-0.05, 0) is 43.2 Å². The molecule has 1 fully saturated rings. The van der Waals surface area contributed by atoms with Crippen molar-refractivity contribution in [3.8, 4) is 5.75 Å². The fourth-order valence-corrected chi connectivity index (χ4v) is 2.29. The summed E-state index contributed by atoms with van der Waals surface area (Å²) < 4.78 is 5.69. The average Bonchev–Trinajstić information content (AvgIpc) is 3.25. The molecule has 0 spiro atoms. The van der Waals surface area contributed by atoms with Crippen molar-refractivity contribution < 1.29 is 9.53 Å². The lowest BCUT2D eigenvalue weighted by molar-refractivity contribution is 0.103. The van der Waals surface area contributed by atoms with Crippen molar-refractivity contribution in [3.05, 3.63) is 63.6 Å². The molecule has 0 unspecified atom stereocenters. The molecule has 4 heteroatoms. The zero-order valence-electron chi connectivity index (χ0n) is 10.6. The van der Waals surface area contributed by atoms with Crippen LogP contribution in [0, 0.1) is 0 Å². The molecule has 1 aliphatic carbocycles. The average molecular weight is 307 g/mol. The molecule has 0 radical (unpaired) electrons. The third-order valence-corrected chi connectivity index (χ3v) is 3.66. The first-order valence-corrected chi connectivity index (χ1v) is 7.15. The molecular weight excluding hydrogens is 295 g/mol. The van der Waals surface area contributed by atoms with E-state index < -0.39 is 0 Å². The van der Waals surface area contributed by atoms with Crippen molar-refractivity contribution in [2.45, 2.75) is 18.9 Å². The molecule has 0 bridgehead atoms. The molecule has 2 aromatic rings. The van der Waals surface area contributed by atoms with Gasteiger partial charge in [0.2, 0.25) is 0 Å². The molecule has 0 heterocycles. The minimum absolute atomic E-state index is 0.154. The van der Waals surface area contributed by atoms with Crippen molar-refractivity contribution in [2.24, 2.45) is 0 Å². The molecule has 0 aromatic heterocycles. The number of benzene rings is 2. The number of halogens is 2. The third kappa shape index (κ3) is 2.97. The zero-order valence-corrected chi connectivity index (χ0v) is 12.1. The standard InChI is InChI=1S/C16H12Cl2O2/c17-11-4-7-15(18)14(9-11)16(19)10-2-1-3-13(8-10)20-12-5-6-12/h1-4,7-9,12H,5-6H2. The Labute approximate surface area is 127 Å². The van der Waals surface area contributed by atoms with Gasteiger partial charge in [0, 0.05) is 16.1 Å². The monoisotopic (exact) mass is 306 g/mol. The van der Waals surface area contributed by atoms with E-state index in [4.69, 9.17) is 27.9 Å². The van der Waals surface area contributed by atoms with E-state index in [1.54, 1.807) is 30.3 Å². The van der Waals surface area contributed by atoms with Gasteiger partial charge in [-0.1, -0.05) is 35.3 Å². The molecule has 0 aliphatic heterocycles. The molecule has 0 atom stereocenters. The highest BCUT2D eigenvalue weighted by molar-refractivity contribution is 6.36. The van der Waals surface area contributed by atoms with Crippen LogP contribution in [-0.4, -0.2) is 11.9 Å². The second-order valence-electron chi connectivity index (χ2n) is 4.80. The number of rotatable bonds is 4. The van der Waals surface area contributed by atoms with Crippen LogP contribution in [0.15, 0.2) is 42.5 Å². The normalized spacial score (nSPS) is 14.1. The molecule has 2 aromatic carbocycles. The highest BCUT2D eigenvalue weighted by Crippen LogP contribution is 2.28. The number of hydrogen-bond acceptors (Lipinski definition) is 2. The molecule has 1 saturated carbocycles. The molecule has 20 heavy (non-hydrogen) atoms. The molecular formula is C16H12Cl2O2. The summed E-state index contributed by atoms with van der Waals surface area (Å²) in [5, 5.41) is 0.885. The Morgan fingerprint density at radius 3 is 2.65 bits per heavy atom. The van der Waals surface area contributed by atoms with Gasteiger partial charge in [0.1, 0.15) is 5.75 Å². The van der Waals surface area contributed by atoms with Gasteiger partial charge in [-0.3, -0.25) is 4.79 Å². The van der Waals surface area contributed by atoms with Gasteiger partial charge in [0.25, 0.3) is 0 Å². The van der Waals surface area contributed by atoms with Gasteiger partial charge in [0.05, 0.1) is 11.1 Å². The number of carbonyl (C=O) groups excluding carboxylic acids is 1. The van der Waals surface area contributed by atoms with E-state index in [0.717, 1.165) is 18.6 Å². The van der Waals surface area contributed by atoms with Crippen LogP contribution in [0.5, 0.6) is 5.75 Å². The summed E-state index contributed by atoms with van der Waals surface area (Å²) in [6.07, 6.45) is 2.46. The first-order chi connectivity index (χ1) is 9.63. The smallest absolute Gasteiger partial charge is 0.194 e. The van der Waals surface area contributed by atoms with E-state index >= 15 is 0 Å². The van der Waals surface area contributed by atoms with Gasteiger partial charge in [-0.2, -0.15) is 0 Å². The van der Waals surface area contributed by atoms with E-state index in [1.807, 2.05) is 12.1 Å². The first-order valence-electron chi connectivity index (χ1n) is 6.40. The van der Waals surface area contributed by atoms with Crippen molar-refractivity contribution in [2.75, 3.05) is 0 Å². The molecule has 0 N–H and O–H groups in total. The lowest BCUT2D eigenvalue weighted by Gasteiger charge is -2.08. The lowest BCUT2D eigenvalue weighted by atomic mass is 10.0. The van der Waals surface area contributed by atoms with Gasteiger partial charge in [-0.15, -0.1) is 0 Å². The summed E-state index contributed by atoms with van der Waals surface area (Å²) in [6.45, 7) is 0. The van der Waals surface area contributed by atoms with Crippen molar-refractivity contribution in [1.82, 2.24) is 0 Å². The summed E-state index contributed by atoms with van der Waals surface area (Å²) >= 11 is 12.0. The Morgan fingerprint density at radius 1 is 1.10 bits per heavy atom. The maximum Gasteiger partial charge on any atom is 0.194 e. The number of ether oxygens (including phenoxy) is 1. The largest absolute Gasteiger partial charge is 0.490 e. The number of ketones is 1. The predicted molar refractivity (Wildman–Crippen MR) is 80.0 cm³/mol. The van der Waals surface area contributed by atoms with Crippen molar-refractivity contribution in [1.29, 1.82) is 0 Å². The van der Waals surface area contributed by atoms with E-state index in [9.17, 15) is 4.79 Å². The molecule has 2 nitrogen and oxygen atoms in total. The second kappa shape index (κ2) is 5.47. The minimum Gasteiger partial charge on any atom is -0.490 e. The topological polar surface area (TPSA) is 26.3 Å². The van der Waals surface area contributed by atoms with Crippen LogP contribution in [0.1, 0.15) is 28.8 Å². The van der Waals surface area contributed by atoms with Gasteiger partial charge < -0.3 is 4.74 Å². The second-order valence-corrected chi connectivity index (χ2v) is 5.64. The molecule has 102 valence electrons. The summed E-state index contributed by atoms with van der Waals surface area (Å²) in [6, 6.07) is 12.0. The van der Waals surface area contributed by atoms with Crippen LogP contribution in [0.2, 0.25) is 10.0 Å². The van der Waals surface area contributed by atoms with E-state index in [2.05, 4.69) is 0 Å². The molecule has 3 rings (SSSR count). The van der Waals surface area contributed by atoms with Gasteiger partial charge in [0.15, 0.2) is 5.78 Å². The fourth-order valence-electron chi connectivity index (χ4n) is 1.92. The summed E-state index contributed by atoms with van der Waals surface area (Å²) in [7, 11) is 0. The lowest BCUT2D eigenvalue weighted by Crippen LogP contribution is -2.03. The number of hydrogen-bond donors (Lipinski definition) is 0. The van der Waals surface area contributed by atoms with Gasteiger partial charge in [-0.25, -0.2) is 0 Å². The van der Waals surface area contributed by atoms with Crippen LogP contribution in [-0.2, 0) is 0 Å². The summed E-state index contributed by atoms with van der Waals surface area (Å²) in [5.41, 5.74) is 0.954. The van der Waals surface area contributed by atoms with Crippen LogP contribution in [0.25, 0.3) is 0 Å². The Kier molecular flexibility index (Phi) is 3.68. The summed E-state index contributed by atoms with van der Waals surface area (Å²) in [5.74, 6) is 0.565. The zero-order chi connectivity index (χ0) is 14.1. The highest BCUT2D eigenvalue weighted by atomic mass is 35.5. The molecule has 0 saturated heterocycles. The number of carbonyl (C=O) groups is 1. The molecule has 0 amide bonds. The summed E-state index contributed by atoms with van der Waals surface area (Å²) in [4.78, 5) is 12.5. The first kappa shape index (κ1) is 13.5. The Hall–Kier alpha value is -1.51. The maximum atomic E-state index is 12.5. The fraction of sp³-hybridized carbons (Fsp3) is 0.188. The predicted octanol–water partition coefficient (Wildman–Crippen LogP) is 4.77. The quantitative estimate of drug-likeness (QED) is 0.761. The van der Waals surface area contributed by atoms with E-state index in [1.165, 1.54) is 0 Å². The van der Waals surface area contributed by atoms with Gasteiger partial charge >= 0.3 is 0 Å².